The summed E-state index contributed by atoms with van der Waals surface area (Å²) in [4.78, 5) is 10.3. The highest BCUT2D eigenvalue weighted by Gasteiger charge is 1.96. The van der Waals surface area contributed by atoms with Gasteiger partial charge in [-0.2, -0.15) is 11.8 Å². The first-order valence-corrected chi connectivity index (χ1v) is 7.72. The van der Waals surface area contributed by atoms with E-state index >= 15 is 0 Å². The molecule has 0 aliphatic heterocycles. The zero-order chi connectivity index (χ0) is 12.1. The van der Waals surface area contributed by atoms with Gasteiger partial charge in [-0.05, 0) is 30.8 Å². The number of rotatable bonds is 12. The number of thioether (sulfide) groups is 1. The summed E-state index contributed by atoms with van der Waals surface area (Å²) in [7, 11) is 0. The molecule has 0 aromatic heterocycles. The molecule has 0 aromatic carbocycles. The van der Waals surface area contributed by atoms with Crippen LogP contribution in [0.4, 0.5) is 0 Å². The lowest BCUT2D eigenvalue weighted by Crippen LogP contribution is -1.93. The van der Waals surface area contributed by atoms with Crippen LogP contribution in [-0.4, -0.2) is 22.6 Å². The first-order chi connectivity index (χ1) is 7.77. The first kappa shape index (κ1) is 15.8. The minimum atomic E-state index is -0.659. The van der Waals surface area contributed by atoms with E-state index in [1.807, 2.05) is 0 Å². The summed E-state index contributed by atoms with van der Waals surface area (Å²) in [5, 5.41) is 8.45. The maximum Gasteiger partial charge on any atom is 0.303 e. The van der Waals surface area contributed by atoms with Gasteiger partial charge in [0, 0.05) is 6.42 Å². The fourth-order valence-corrected chi connectivity index (χ4v) is 2.51. The molecule has 0 spiro atoms. The zero-order valence-electron chi connectivity index (χ0n) is 10.5. The van der Waals surface area contributed by atoms with Gasteiger partial charge < -0.3 is 5.11 Å². The number of hydrogen-bond acceptors (Lipinski definition) is 2. The van der Waals surface area contributed by atoms with Crippen LogP contribution in [0.15, 0.2) is 0 Å². The van der Waals surface area contributed by atoms with Crippen LogP contribution in [0.5, 0.6) is 0 Å². The molecule has 16 heavy (non-hydrogen) atoms. The molecule has 0 rings (SSSR count). The molecule has 0 atom stereocenters. The van der Waals surface area contributed by atoms with Crippen molar-refractivity contribution in [3.63, 3.8) is 0 Å². The van der Waals surface area contributed by atoms with E-state index in [2.05, 4.69) is 18.7 Å². The van der Waals surface area contributed by atoms with Gasteiger partial charge in [-0.15, -0.1) is 0 Å². The Kier molecular flexibility index (Phi) is 12.7. The lowest BCUT2D eigenvalue weighted by atomic mass is 10.1. The molecule has 0 aliphatic carbocycles. The Labute approximate surface area is 104 Å². The summed E-state index contributed by atoms with van der Waals surface area (Å²) in [6.07, 6.45) is 10.0. The van der Waals surface area contributed by atoms with Crippen molar-refractivity contribution in [2.75, 3.05) is 11.5 Å². The number of carboxylic acids is 1. The second-order valence-corrected chi connectivity index (χ2v) is 5.46. The Bertz CT molecular complexity index is 160. The Balaban J connectivity index is 2.90. The van der Waals surface area contributed by atoms with Gasteiger partial charge in [0.1, 0.15) is 0 Å². The minimum absolute atomic E-state index is 0.341. The molecule has 96 valence electrons. The SMILES string of the molecule is CCCSCCCCCCCCCC(=O)O. The third kappa shape index (κ3) is 13.8. The van der Waals surface area contributed by atoms with Crippen LogP contribution in [0.3, 0.4) is 0 Å². The van der Waals surface area contributed by atoms with E-state index in [0.717, 1.165) is 12.8 Å². The lowest BCUT2D eigenvalue weighted by molar-refractivity contribution is -0.137. The van der Waals surface area contributed by atoms with Crippen LogP contribution in [0.1, 0.15) is 64.7 Å². The monoisotopic (exact) mass is 246 g/mol. The average molecular weight is 246 g/mol. The number of aliphatic carboxylic acids is 1. The van der Waals surface area contributed by atoms with Crippen molar-refractivity contribution < 1.29 is 9.90 Å². The quantitative estimate of drug-likeness (QED) is 0.521. The lowest BCUT2D eigenvalue weighted by Gasteiger charge is -2.01. The second-order valence-electron chi connectivity index (χ2n) is 4.23. The minimum Gasteiger partial charge on any atom is -0.481 e. The smallest absolute Gasteiger partial charge is 0.303 e. The number of hydrogen-bond donors (Lipinski definition) is 1. The Hall–Kier alpha value is -0.180. The molecule has 0 fully saturated rings. The van der Waals surface area contributed by atoms with Crippen LogP contribution >= 0.6 is 11.8 Å². The van der Waals surface area contributed by atoms with Gasteiger partial charge in [0.2, 0.25) is 0 Å². The summed E-state index contributed by atoms with van der Waals surface area (Å²) >= 11 is 2.06. The van der Waals surface area contributed by atoms with Gasteiger partial charge in [0.25, 0.3) is 0 Å². The van der Waals surface area contributed by atoms with E-state index in [1.165, 1.54) is 50.0 Å². The maximum absolute atomic E-state index is 10.3. The molecule has 0 saturated carbocycles. The molecule has 0 amide bonds. The summed E-state index contributed by atoms with van der Waals surface area (Å²) < 4.78 is 0. The Morgan fingerprint density at radius 2 is 1.50 bits per heavy atom. The van der Waals surface area contributed by atoms with Gasteiger partial charge in [-0.3, -0.25) is 4.79 Å². The second kappa shape index (κ2) is 12.9. The molecule has 0 radical (unpaired) electrons. The van der Waals surface area contributed by atoms with Gasteiger partial charge >= 0.3 is 5.97 Å². The van der Waals surface area contributed by atoms with Crippen molar-refractivity contribution in [2.24, 2.45) is 0 Å². The Morgan fingerprint density at radius 1 is 0.938 bits per heavy atom. The molecule has 1 N–H and O–H groups in total. The summed E-state index contributed by atoms with van der Waals surface area (Å²) in [5.74, 6) is 1.95. The first-order valence-electron chi connectivity index (χ1n) is 6.57. The standard InChI is InChI=1S/C13H26O2S/c1-2-11-16-12-9-7-5-3-4-6-8-10-13(14)15/h2-12H2,1H3,(H,14,15). The van der Waals surface area contributed by atoms with Crippen molar-refractivity contribution in [3.05, 3.63) is 0 Å². The number of unbranched alkanes of at least 4 members (excludes halogenated alkanes) is 6. The summed E-state index contributed by atoms with van der Waals surface area (Å²) in [5.41, 5.74) is 0. The van der Waals surface area contributed by atoms with Crippen LogP contribution in [0, 0.1) is 0 Å². The molecule has 3 heteroatoms. The van der Waals surface area contributed by atoms with E-state index in [4.69, 9.17) is 5.11 Å². The summed E-state index contributed by atoms with van der Waals surface area (Å²) in [6, 6.07) is 0. The van der Waals surface area contributed by atoms with E-state index in [-0.39, 0.29) is 0 Å². The third-order valence-corrected chi connectivity index (χ3v) is 3.80. The topological polar surface area (TPSA) is 37.3 Å². The molecule has 0 heterocycles. The molecule has 0 unspecified atom stereocenters. The highest BCUT2D eigenvalue weighted by molar-refractivity contribution is 7.99. The van der Waals surface area contributed by atoms with E-state index < -0.39 is 5.97 Å². The van der Waals surface area contributed by atoms with Crippen LogP contribution in [0.2, 0.25) is 0 Å². The fourth-order valence-electron chi connectivity index (χ4n) is 1.61. The van der Waals surface area contributed by atoms with Crippen molar-refractivity contribution in [3.8, 4) is 0 Å². The van der Waals surface area contributed by atoms with Crippen molar-refractivity contribution in [2.45, 2.75) is 64.7 Å². The van der Waals surface area contributed by atoms with Crippen LogP contribution in [-0.2, 0) is 4.79 Å². The Morgan fingerprint density at radius 3 is 2.06 bits per heavy atom. The zero-order valence-corrected chi connectivity index (χ0v) is 11.4. The van der Waals surface area contributed by atoms with Gasteiger partial charge in [0.15, 0.2) is 0 Å². The predicted octanol–water partition coefficient (Wildman–Crippen LogP) is 4.34. The number of carbonyl (C=O) groups is 1. The van der Waals surface area contributed by atoms with Crippen LogP contribution < -0.4 is 0 Å². The summed E-state index contributed by atoms with van der Waals surface area (Å²) in [6.45, 7) is 2.23. The van der Waals surface area contributed by atoms with Crippen LogP contribution in [0.25, 0.3) is 0 Å². The molecule has 0 saturated heterocycles. The normalized spacial score (nSPS) is 10.6. The third-order valence-electron chi connectivity index (χ3n) is 2.53. The average Bonchev–Trinajstić information content (AvgIpc) is 2.25. The molecular weight excluding hydrogens is 220 g/mol. The van der Waals surface area contributed by atoms with E-state index in [0.29, 0.717) is 6.42 Å². The van der Waals surface area contributed by atoms with Gasteiger partial charge in [-0.25, -0.2) is 0 Å². The molecular formula is C13H26O2S. The molecule has 0 aliphatic rings. The van der Waals surface area contributed by atoms with Gasteiger partial charge in [0.05, 0.1) is 0 Å². The molecule has 0 bridgehead atoms. The largest absolute Gasteiger partial charge is 0.481 e. The molecule has 0 aromatic rings. The van der Waals surface area contributed by atoms with Gasteiger partial charge in [-0.1, -0.05) is 39.0 Å². The van der Waals surface area contributed by atoms with E-state index in [1.54, 1.807) is 0 Å². The number of carboxylic acid groups (broad SMARTS) is 1. The van der Waals surface area contributed by atoms with Crippen molar-refractivity contribution in [1.29, 1.82) is 0 Å². The van der Waals surface area contributed by atoms with Crippen molar-refractivity contribution in [1.82, 2.24) is 0 Å². The van der Waals surface area contributed by atoms with E-state index in [9.17, 15) is 4.79 Å². The highest BCUT2D eigenvalue weighted by Crippen LogP contribution is 2.11. The molecule has 2 nitrogen and oxygen atoms in total. The maximum atomic E-state index is 10.3. The predicted molar refractivity (Wildman–Crippen MR) is 72.2 cm³/mol. The fraction of sp³-hybridized carbons (Fsp3) is 0.923. The van der Waals surface area contributed by atoms with Crippen molar-refractivity contribution >= 4 is 17.7 Å². The highest BCUT2D eigenvalue weighted by atomic mass is 32.2.